The molecule has 0 aliphatic carbocycles. The highest BCUT2D eigenvalue weighted by Gasteiger charge is 2.31. The zero-order valence-corrected chi connectivity index (χ0v) is 13.1. The zero-order chi connectivity index (χ0) is 17.0. The van der Waals surface area contributed by atoms with E-state index in [1.165, 1.54) is 0 Å². The Bertz CT molecular complexity index is 751. The van der Waals surface area contributed by atoms with Crippen molar-refractivity contribution in [3.63, 3.8) is 0 Å². The molecule has 2 aromatic rings. The predicted octanol–water partition coefficient (Wildman–Crippen LogP) is 3.88. The van der Waals surface area contributed by atoms with E-state index in [2.05, 4.69) is 0 Å². The highest BCUT2D eigenvalue weighted by atomic mass is 32.2. The van der Waals surface area contributed by atoms with Gasteiger partial charge < -0.3 is 4.57 Å². The number of aryl methyl sites for hydroxylation is 2. The summed E-state index contributed by atoms with van der Waals surface area (Å²) in [6.07, 6.45) is -3.80. The third kappa shape index (κ3) is 4.99. The van der Waals surface area contributed by atoms with Crippen LogP contribution in [-0.4, -0.2) is 9.68 Å². The lowest BCUT2D eigenvalue weighted by atomic mass is 10.2. The highest BCUT2D eigenvalue weighted by Crippen LogP contribution is 2.28. The maximum Gasteiger partial charge on any atom is 0.417 e. The molecule has 0 atom stereocenters. The Morgan fingerprint density at radius 1 is 1.13 bits per heavy atom. The number of hydrogen-bond acceptors (Lipinski definition) is 3. The summed E-state index contributed by atoms with van der Waals surface area (Å²) in [6, 6.07) is 8.94. The molecule has 0 amide bonds. The fourth-order valence-electron chi connectivity index (χ4n) is 1.87. The number of thioether (sulfide) groups is 1. The summed E-state index contributed by atoms with van der Waals surface area (Å²) in [5.41, 5.74) is -0.404. The second-order valence-electron chi connectivity index (χ2n) is 4.98. The fourth-order valence-corrected chi connectivity index (χ4v) is 2.60. The van der Waals surface area contributed by atoms with Crippen LogP contribution in [0, 0.1) is 6.92 Å². The molecule has 23 heavy (non-hydrogen) atoms. The van der Waals surface area contributed by atoms with E-state index in [-0.39, 0.29) is 18.1 Å². The van der Waals surface area contributed by atoms with Crippen LogP contribution < -0.4 is 5.56 Å². The van der Waals surface area contributed by atoms with Crippen molar-refractivity contribution in [2.45, 2.75) is 31.0 Å². The Morgan fingerprint density at radius 2 is 1.78 bits per heavy atom. The lowest BCUT2D eigenvalue weighted by Crippen LogP contribution is -2.22. The topological polar surface area (TPSA) is 39.1 Å². The predicted molar refractivity (Wildman–Crippen MR) is 82.4 cm³/mol. The molecule has 0 fully saturated rings. The van der Waals surface area contributed by atoms with E-state index in [0.717, 1.165) is 45.1 Å². The number of aromatic nitrogens is 1. The molecule has 0 saturated carbocycles. The first-order chi connectivity index (χ1) is 10.8. The maximum atomic E-state index is 12.6. The lowest BCUT2D eigenvalue weighted by molar-refractivity contribution is -0.138. The van der Waals surface area contributed by atoms with Gasteiger partial charge in [-0.3, -0.25) is 9.59 Å². The first-order valence-corrected chi connectivity index (χ1v) is 7.62. The Kier molecular flexibility index (Phi) is 5.30. The van der Waals surface area contributed by atoms with Gasteiger partial charge in [-0.25, -0.2) is 0 Å². The molecule has 122 valence electrons. The quantitative estimate of drug-likeness (QED) is 0.792. The molecule has 3 nitrogen and oxygen atoms in total. The van der Waals surface area contributed by atoms with Crippen LogP contribution >= 0.6 is 11.8 Å². The third-order valence-electron chi connectivity index (χ3n) is 3.12. The van der Waals surface area contributed by atoms with Crippen molar-refractivity contribution in [2.24, 2.45) is 0 Å². The third-order valence-corrected chi connectivity index (χ3v) is 4.06. The molecule has 0 aliphatic heterocycles. The van der Waals surface area contributed by atoms with Crippen LogP contribution in [0.25, 0.3) is 0 Å². The van der Waals surface area contributed by atoms with Gasteiger partial charge in [0.05, 0.1) is 5.56 Å². The minimum Gasteiger partial charge on any atom is -0.314 e. The molecule has 2 rings (SSSR count). The number of carbonyl (C=O) groups excluding carboxylic acids is 1. The fraction of sp³-hybridized carbons (Fsp3) is 0.250. The monoisotopic (exact) mass is 341 g/mol. The van der Waals surface area contributed by atoms with Crippen molar-refractivity contribution in [3.8, 4) is 0 Å². The van der Waals surface area contributed by atoms with Crippen LogP contribution in [0.4, 0.5) is 13.2 Å². The van der Waals surface area contributed by atoms with E-state index in [1.807, 2.05) is 19.1 Å². The molecule has 0 radical (unpaired) electrons. The number of rotatable bonds is 4. The number of hydrogen-bond donors (Lipinski definition) is 0. The van der Waals surface area contributed by atoms with Crippen LogP contribution in [-0.2, 0) is 17.5 Å². The summed E-state index contributed by atoms with van der Waals surface area (Å²) in [6.45, 7) is 1.84. The average Bonchev–Trinajstić information content (AvgIpc) is 2.47. The van der Waals surface area contributed by atoms with E-state index < -0.39 is 17.3 Å². The molecule has 0 bridgehead atoms. The van der Waals surface area contributed by atoms with Crippen LogP contribution in [0.1, 0.15) is 17.5 Å². The summed E-state index contributed by atoms with van der Waals surface area (Å²) >= 11 is 1.01. The zero-order valence-electron chi connectivity index (χ0n) is 12.3. The summed E-state index contributed by atoms with van der Waals surface area (Å²) in [4.78, 5) is 24.2. The second kappa shape index (κ2) is 7.04. The number of pyridine rings is 1. The van der Waals surface area contributed by atoms with Crippen molar-refractivity contribution >= 4 is 16.9 Å². The van der Waals surface area contributed by atoms with Crippen LogP contribution in [0.3, 0.4) is 0 Å². The number of nitrogens with zero attached hydrogens (tertiary/aromatic N) is 1. The van der Waals surface area contributed by atoms with Gasteiger partial charge in [-0.05, 0) is 25.1 Å². The first kappa shape index (κ1) is 17.3. The Hall–Kier alpha value is -2.02. The van der Waals surface area contributed by atoms with Gasteiger partial charge in [-0.2, -0.15) is 13.2 Å². The summed E-state index contributed by atoms with van der Waals surface area (Å²) < 4.78 is 38.8. The molecule has 0 unspecified atom stereocenters. The van der Waals surface area contributed by atoms with Gasteiger partial charge in [0.15, 0.2) is 5.12 Å². The minimum atomic E-state index is -4.52. The lowest BCUT2D eigenvalue weighted by Gasteiger charge is -2.10. The van der Waals surface area contributed by atoms with Gasteiger partial charge >= 0.3 is 6.18 Å². The highest BCUT2D eigenvalue weighted by molar-refractivity contribution is 8.13. The molecule has 0 aliphatic rings. The molecule has 0 N–H and O–H groups in total. The smallest absolute Gasteiger partial charge is 0.314 e. The summed E-state index contributed by atoms with van der Waals surface area (Å²) in [7, 11) is 0. The number of halogens is 3. The van der Waals surface area contributed by atoms with Gasteiger partial charge in [0.2, 0.25) is 0 Å². The van der Waals surface area contributed by atoms with Gasteiger partial charge in [-0.1, -0.05) is 29.5 Å². The van der Waals surface area contributed by atoms with Crippen molar-refractivity contribution in [3.05, 3.63) is 64.1 Å². The van der Waals surface area contributed by atoms with Gasteiger partial charge in [0.25, 0.3) is 5.56 Å². The first-order valence-electron chi connectivity index (χ1n) is 6.81. The maximum absolute atomic E-state index is 12.6. The molecular formula is C16H14F3NO2S. The van der Waals surface area contributed by atoms with Crippen LogP contribution in [0.15, 0.2) is 52.3 Å². The number of alkyl halides is 3. The van der Waals surface area contributed by atoms with Crippen LogP contribution in [0.2, 0.25) is 0 Å². The largest absolute Gasteiger partial charge is 0.417 e. The average molecular weight is 341 g/mol. The van der Waals surface area contributed by atoms with Gasteiger partial charge in [0, 0.05) is 30.1 Å². The standard InChI is InChI=1S/C16H14F3NO2S/c1-11-2-5-13(6-3-11)23-15(22)8-9-20-10-12(16(17,18)19)4-7-14(20)21/h2-7,10H,8-9H2,1H3. The van der Waals surface area contributed by atoms with Crippen molar-refractivity contribution in [1.82, 2.24) is 4.57 Å². The Morgan fingerprint density at radius 3 is 2.39 bits per heavy atom. The molecule has 0 saturated heterocycles. The molecule has 7 heteroatoms. The molecular weight excluding hydrogens is 327 g/mol. The molecule has 1 heterocycles. The van der Waals surface area contributed by atoms with Crippen LogP contribution in [0.5, 0.6) is 0 Å². The van der Waals surface area contributed by atoms with E-state index in [1.54, 1.807) is 12.1 Å². The summed E-state index contributed by atoms with van der Waals surface area (Å²) in [5, 5.41) is -0.210. The van der Waals surface area contributed by atoms with E-state index >= 15 is 0 Å². The Labute approximate surface area is 135 Å². The molecule has 0 spiro atoms. The van der Waals surface area contributed by atoms with E-state index in [9.17, 15) is 22.8 Å². The number of benzene rings is 1. The number of carbonyl (C=O) groups is 1. The van der Waals surface area contributed by atoms with Crippen molar-refractivity contribution in [1.29, 1.82) is 0 Å². The Balaban J connectivity index is 2.01. The normalized spacial score (nSPS) is 11.5. The SMILES string of the molecule is Cc1ccc(SC(=O)CCn2cc(C(F)(F)F)ccc2=O)cc1. The van der Waals surface area contributed by atoms with Crippen molar-refractivity contribution < 1.29 is 18.0 Å². The van der Waals surface area contributed by atoms with E-state index in [0.29, 0.717) is 0 Å². The second-order valence-corrected chi connectivity index (χ2v) is 6.12. The van der Waals surface area contributed by atoms with E-state index in [4.69, 9.17) is 0 Å². The molecule has 1 aromatic heterocycles. The summed E-state index contributed by atoms with van der Waals surface area (Å²) in [5.74, 6) is 0. The van der Waals surface area contributed by atoms with Gasteiger partial charge in [-0.15, -0.1) is 0 Å². The minimum absolute atomic E-state index is 0.0280. The van der Waals surface area contributed by atoms with Gasteiger partial charge in [0.1, 0.15) is 0 Å². The molecule has 1 aromatic carbocycles. The van der Waals surface area contributed by atoms with Crippen molar-refractivity contribution in [2.75, 3.05) is 0 Å².